The van der Waals surface area contributed by atoms with Crippen LogP contribution in [0.4, 0.5) is 5.82 Å². The third-order valence-corrected chi connectivity index (χ3v) is 5.58. The summed E-state index contributed by atoms with van der Waals surface area (Å²) >= 11 is 0. The second-order valence-electron chi connectivity index (χ2n) is 7.68. The summed E-state index contributed by atoms with van der Waals surface area (Å²) in [7, 11) is 0. The maximum atomic E-state index is 12.6. The first-order chi connectivity index (χ1) is 14.6. The molecule has 2 aromatic heterocycles. The number of imidazole rings is 1. The van der Waals surface area contributed by atoms with E-state index in [4.69, 9.17) is 9.72 Å². The Morgan fingerprint density at radius 1 is 1.30 bits per heavy atom. The second-order valence-corrected chi connectivity index (χ2v) is 7.68. The molecule has 1 unspecified atom stereocenters. The van der Waals surface area contributed by atoms with Crippen LogP contribution in [0.3, 0.4) is 0 Å². The number of amides is 1. The second kappa shape index (κ2) is 11.1. The fourth-order valence-corrected chi connectivity index (χ4v) is 4.04. The van der Waals surface area contributed by atoms with Crippen LogP contribution in [0.25, 0.3) is 5.95 Å². The highest BCUT2D eigenvalue weighted by atomic mass is 16.5. The standard InChI is InChI=1S/C22H34N6O2/c1-4-19-17(3)25-22(27-13-11-23-16-27)26-21(19)28-12-7-6-9-18(28)15-20(29)24-10-8-14-30-5-2/h11,13,16,18H,4-10,12,14-15H2,1-3H3,(H,24,29). The molecule has 0 aromatic carbocycles. The van der Waals surface area contributed by atoms with Crippen LogP contribution in [0.15, 0.2) is 18.7 Å². The first-order valence-corrected chi connectivity index (χ1v) is 11.1. The SMILES string of the molecule is CCOCCCNC(=O)CC1CCCCN1c1nc(-n2ccnc2)nc(C)c1CC. The quantitative estimate of drug-likeness (QED) is 0.602. The van der Waals surface area contributed by atoms with Gasteiger partial charge in [0.1, 0.15) is 12.1 Å². The molecule has 0 spiro atoms. The van der Waals surface area contributed by atoms with E-state index in [0.29, 0.717) is 32.1 Å². The van der Waals surface area contributed by atoms with Gasteiger partial charge in [-0.15, -0.1) is 0 Å². The maximum Gasteiger partial charge on any atom is 0.237 e. The minimum atomic E-state index is 0.0991. The van der Waals surface area contributed by atoms with Crippen LogP contribution in [-0.2, 0) is 16.0 Å². The Hall–Kier alpha value is -2.48. The number of aromatic nitrogens is 4. The van der Waals surface area contributed by atoms with Crippen LogP contribution in [0.1, 0.15) is 57.2 Å². The van der Waals surface area contributed by atoms with E-state index in [2.05, 4.69) is 27.1 Å². The van der Waals surface area contributed by atoms with Gasteiger partial charge in [0.05, 0.1) is 0 Å². The summed E-state index contributed by atoms with van der Waals surface area (Å²) in [5.74, 6) is 1.69. The maximum absolute atomic E-state index is 12.6. The summed E-state index contributed by atoms with van der Waals surface area (Å²) in [5, 5.41) is 3.04. The minimum Gasteiger partial charge on any atom is -0.382 e. The van der Waals surface area contributed by atoms with E-state index in [9.17, 15) is 4.79 Å². The summed E-state index contributed by atoms with van der Waals surface area (Å²) in [6.07, 6.45) is 10.7. The number of carbonyl (C=O) groups excluding carboxylic acids is 1. The zero-order chi connectivity index (χ0) is 21.3. The molecule has 0 aliphatic carbocycles. The molecule has 8 heteroatoms. The van der Waals surface area contributed by atoms with Crippen LogP contribution in [0.5, 0.6) is 0 Å². The molecule has 3 heterocycles. The van der Waals surface area contributed by atoms with Crippen molar-refractivity contribution in [3.63, 3.8) is 0 Å². The number of rotatable bonds is 10. The fraction of sp³-hybridized carbons (Fsp3) is 0.636. The van der Waals surface area contributed by atoms with E-state index in [1.807, 2.05) is 24.6 Å². The third-order valence-electron chi connectivity index (χ3n) is 5.58. The normalized spacial score (nSPS) is 16.6. The van der Waals surface area contributed by atoms with E-state index >= 15 is 0 Å². The zero-order valence-corrected chi connectivity index (χ0v) is 18.4. The molecular weight excluding hydrogens is 380 g/mol. The molecule has 1 aliphatic rings. The van der Waals surface area contributed by atoms with Crippen molar-refractivity contribution in [2.24, 2.45) is 0 Å². The monoisotopic (exact) mass is 414 g/mol. The molecule has 8 nitrogen and oxygen atoms in total. The molecule has 3 rings (SSSR count). The van der Waals surface area contributed by atoms with Gasteiger partial charge in [-0.25, -0.2) is 9.97 Å². The zero-order valence-electron chi connectivity index (χ0n) is 18.4. The molecule has 1 amide bonds. The summed E-state index contributed by atoms with van der Waals surface area (Å²) in [5.41, 5.74) is 2.14. The molecule has 1 saturated heterocycles. The van der Waals surface area contributed by atoms with Gasteiger partial charge in [-0.05, 0) is 46.0 Å². The smallest absolute Gasteiger partial charge is 0.237 e. The molecule has 164 valence electrons. The Morgan fingerprint density at radius 2 is 2.17 bits per heavy atom. The van der Waals surface area contributed by atoms with Gasteiger partial charge >= 0.3 is 0 Å². The lowest BCUT2D eigenvalue weighted by Crippen LogP contribution is -2.44. The number of carbonyl (C=O) groups is 1. The summed E-state index contributed by atoms with van der Waals surface area (Å²) < 4.78 is 7.17. The van der Waals surface area contributed by atoms with Gasteiger partial charge in [0.2, 0.25) is 11.9 Å². The minimum absolute atomic E-state index is 0.0991. The average molecular weight is 415 g/mol. The molecule has 0 bridgehead atoms. The Kier molecular flexibility index (Phi) is 8.19. The summed E-state index contributed by atoms with van der Waals surface area (Å²) in [6.45, 7) is 9.12. The Labute approximate surface area is 179 Å². The largest absolute Gasteiger partial charge is 0.382 e. The van der Waals surface area contributed by atoms with E-state index in [-0.39, 0.29) is 11.9 Å². The predicted molar refractivity (Wildman–Crippen MR) is 117 cm³/mol. The molecule has 1 aliphatic heterocycles. The number of piperidine rings is 1. The van der Waals surface area contributed by atoms with Crippen LogP contribution in [0, 0.1) is 6.92 Å². The number of hydrogen-bond donors (Lipinski definition) is 1. The molecule has 30 heavy (non-hydrogen) atoms. The van der Waals surface area contributed by atoms with Gasteiger partial charge in [-0.3, -0.25) is 9.36 Å². The number of aryl methyl sites for hydroxylation is 1. The molecule has 0 saturated carbocycles. The lowest BCUT2D eigenvalue weighted by atomic mass is 9.97. The van der Waals surface area contributed by atoms with Gasteiger partial charge in [-0.1, -0.05) is 6.92 Å². The average Bonchev–Trinajstić information content (AvgIpc) is 3.28. The van der Waals surface area contributed by atoms with Crippen molar-refractivity contribution in [1.29, 1.82) is 0 Å². The summed E-state index contributed by atoms with van der Waals surface area (Å²) in [6, 6.07) is 0.154. The van der Waals surface area contributed by atoms with Crippen LogP contribution >= 0.6 is 0 Å². The topological polar surface area (TPSA) is 85.2 Å². The van der Waals surface area contributed by atoms with E-state index < -0.39 is 0 Å². The molecule has 1 atom stereocenters. The van der Waals surface area contributed by atoms with Gasteiger partial charge in [0, 0.05) is 62.4 Å². The first kappa shape index (κ1) is 22.2. The van der Waals surface area contributed by atoms with E-state index in [1.54, 1.807) is 12.5 Å². The van der Waals surface area contributed by atoms with Gasteiger partial charge in [0.25, 0.3) is 0 Å². The van der Waals surface area contributed by atoms with Gasteiger partial charge in [0.15, 0.2) is 0 Å². The van der Waals surface area contributed by atoms with E-state index in [1.165, 1.54) is 0 Å². The number of ether oxygens (including phenoxy) is 1. The van der Waals surface area contributed by atoms with E-state index in [0.717, 1.165) is 55.7 Å². The van der Waals surface area contributed by atoms with Gasteiger partial charge < -0.3 is 15.0 Å². The van der Waals surface area contributed by atoms with Gasteiger partial charge in [-0.2, -0.15) is 4.98 Å². The van der Waals surface area contributed by atoms with Crippen molar-refractivity contribution < 1.29 is 9.53 Å². The highest BCUT2D eigenvalue weighted by Gasteiger charge is 2.28. The number of hydrogen-bond acceptors (Lipinski definition) is 6. The first-order valence-electron chi connectivity index (χ1n) is 11.1. The van der Waals surface area contributed by atoms with Crippen molar-refractivity contribution in [3.05, 3.63) is 30.0 Å². The third kappa shape index (κ3) is 5.56. The Bertz CT molecular complexity index is 808. The Balaban J connectivity index is 1.76. The predicted octanol–water partition coefficient (Wildman–Crippen LogP) is 2.82. The van der Waals surface area contributed by atoms with Crippen molar-refractivity contribution in [3.8, 4) is 5.95 Å². The van der Waals surface area contributed by atoms with Crippen molar-refractivity contribution in [1.82, 2.24) is 24.8 Å². The highest BCUT2D eigenvalue weighted by Crippen LogP contribution is 2.30. The Morgan fingerprint density at radius 3 is 2.90 bits per heavy atom. The molecule has 0 radical (unpaired) electrons. The number of anilines is 1. The fourth-order valence-electron chi connectivity index (χ4n) is 4.04. The lowest BCUT2D eigenvalue weighted by Gasteiger charge is -2.37. The van der Waals surface area contributed by atoms with Crippen LogP contribution in [0.2, 0.25) is 0 Å². The van der Waals surface area contributed by atoms with Crippen molar-refractivity contribution >= 4 is 11.7 Å². The molecule has 2 aromatic rings. The lowest BCUT2D eigenvalue weighted by molar-refractivity contribution is -0.121. The highest BCUT2D eigenvalue weighted by molar-refractivity contribution is 5.77. The van der Waals surface area contributed by atoms with Crippen LogP contribution in [-0.4, -0.2) is 57.8 Å². The molecular formula is C22H34N6O2. The number of nitrogens with one attached hydrogen (secondary N) is 1. The number of nitrogens with zero attached hydrogens (tertiary/aromatic N) is 5. The van der Waals surface area contributed by atoms with Crippen LogP contribution < -0.4 is 10.2 Å². The molecule has 1 fully saturated rings. The summed E-state index contributed by atoms with van der Waals surface area (Å²) in [4.78, 5) is 28.6. The molecule has 1 N–H and O–H groups in total. The van der Waals surface area contributed by atoms with Crippen molar-refractivity contribution in [2.75, 3.05) is 31.2 Å². The van der Waals surface area contributed by atoms with Crippen molar-refractivity contribution in [2.45, 2.75) is 65.3 Å².